The highest BCUT2D eigenvalue weighted by molar-refractivity contribution is 5.79. The Morgan fingerprint density at radius 2 is 1.61 bits per heavy atom. The van der Waals surface area contributed by atoms with Crippen molar-refractivity contribution < 1.29 is 27.4 Å². The number of ether oxygens (including phenoxy) is 3. The molecule has 1 aliphatic rings. The van der Waals surface area contributed by atoms with Crippen molar-refractivity contribution in [1.29, 1.82) is 0 Å². The lowest BCUT2D eigenvalue weighted by Crippen LogP contribution is -2.16. The average molecular weight is 496 g/mol. The molecule has 0 aliphatic carbocycles. The Balaban J connectivity index is 1.41. The molecule has 2 aromatic heterocycles. The average Bonchev–Trinajstić information content (AvgIpc) is 3.44. The highest BCUT2D eigenvalue weighted by Gasteiger charge is 2.32. The summed E-state index contributed by atoms with van der Waals surface area (Å²) in [6.45, 7) is 0.980. The Hall–Kier alpha value is -3.85. The van der Waals surface area contributed by atoms with Crippen LogP contribution in [0.1, 0.15) is 23.9 Å². The van der Waals surface area contributed by atoms with Crippen molar-refractivity contribution >= 4 is 0 Å². The van der Waals surface area contributed by atoms with Gasteiger partial charge in [0.25, 0.3) is 0 Å². The first-order chi connectivity index (χ1) is 17.4. The number of nitrogens with zero attached hydrogens (tertiary/aromatic N) is 3. The molecule has 0 radical (unpaired) electrons. The maximum atomic E-state index is 12.6. The number of aromatic nitrogens is 3. The lowest BCUT2D eigenvalue weighted by molar-refractivity contribution is -0.274. The zero-order valence-electron chi connectivity index (χ0n) is 19.5. The van der Waals surface area contributed by atoms with E-state index in [0.29, 0.717) is 24.5 Å². The van der Waals surface area contributed by atoms with Gasteiger partial charge in [-0.1, -0.05) is 12.1 Å². The van der Waals surface area contributed by atoms with Gasteiger partial charge in [-0.05, 0) is 60.5 Å². The van der Waals surface area contributed by atoms with Crippen LogP contribution in [0.25, 0.3) is 22.5 Å². The summed E-state index contributed by atoms with van der Waals surface area (Å²) in [6.07, 6.45) is 0.358. The minimum atomic E-state index is -4.74. The maximum Gasteiger partial charge on any atom is 0.573 e. The summed E-state index contributed by atoms with van der Waals surface area (Å²) in [7, 11) is 1.63. The van der Waals surface area contributed by atoms with Crippen molar-refractivity contribution in [1.82, 2.24) is 14.5 Å². The van der Waals surface area contributed by atoms with Gasteiger partial charge < -0.3 is 18.8 Å². The van der Waals surface area contributed by atoms with E-state index in [-0.39, 0.29) is 11.8 Å². The molecule has 186 valence electrons. The molecule has 4 aromatic rings. The van der Waals surface area contributed by atoms with E-state index in [1.807, 2.05) is 36.4 Å². The quantitative estimate of drug-likeness (QED) is 0.290. The van der Waals surface area contributed by atoms with Crippen LogP contribution in [-0.2, 0) is 17.8 Å². The summed E-state index contributed by atoms with van der Waals surface area (Å²) in [5.74, 6) is 1.45. The number of methoxy groups -OCH3 is 1. The summed E-state index contributed by atoms with van der Waals surface area (Å²) < 4.78 is 55.3. The largest absolute Gasteiger partial charge is 0.573 e. The number of rotatable bonds is 8. The monoisotopic (exact) mass is 495 g/mol. The summed E-state index contributed by atoms with van der Waals surface area (Å²) >= 11 is 0. The molecule has 0 saturated carbocycles. The molecule has 5 rings (SSSR count). The lowest BCUT2D eigenvalue weighted by Gasteiger charge is -2.18. The SMILES string of the molecule is COc1ccc(COC[C@@H]2CCc3nc(-c4ccc(OC(F)(F)F)cc4)c(-c4ccncc4)n32)cc1. The number of hydrogen-bond acceptors (Lipinski definition) is 5. The van der Waals surface area contributed by atoms with E-state index in [2.05, 4.69) is 14.3 Å². The van der Waals surface area contributed by atoms with Crippen LogP contribution in [0.5, 0.6) is 11.5 Å². The molecule has 0 N–H and O–H groups in total. The van der Waals surface area contributed by atoms with Gasteiger partial charge in [0.2, 0.25) is 0 Å². The molecule has 0 spiro atoms. The van der Waals surface area contributed by atoms with Crippen molar-refractivity contribution in [3.8, 4) is 34.0 Å². The van der Waals surface area contributed by atoms with Gasteiger partial charge in [-0.25, -0.2) is 4.98 Å². The van der Waals surface area contributed by atoms with Crippen LogP contribution in [0.4, 0.5) is 13.2 Å². The van der Waals surface area contributed by atoms with Crippen molar-refractivity contribution in [2.45, 2.75) is 31.9 Å². The van der Waals surface area contributed by atoms with E-state index in [9.17, 15) is 13.2 Å². The first kappa shape index (κ1) is 23.9. The minimum Gasteiger partial charge on any atom is -0.497 e. The third-order valence-corrected chi connectivity index (χ3v) is 6.10. The third kappa shape index (κ3) is 5.21. The van der Waals surface area contributed by atoms with E-state index in [4.69, 9.17) is 14.5 Å². The highest BCUT2D eigenvalue weighted by Crippen LogP contribution is 2.40. The molecule has 0 unspecified atom stereocenters. The Kier molecular flexibility index (Phi) is 6.65. The number of hydrogen-bond donors (Lipinski definition) is 0. The molecule has 36 heavy (non-hydrogen) atoms. The fourth-order valence-corrected chi connectivity index (χ4v) is 4.47. The number of alkyl halides is 3. The number of halogens is 3. The van der Waals surface area contributed by atoms with Gasteiger partial charge in [0, 0.05) is 29.9 Å². The lowest BCUT2D eigenvalue weighted by atomic mass is 10.0. The number of benzene rings is 2. The molecule has 0 fully saturated rings. The van der Waals surface area contributed by atoms with Crippen molar-refractivity contribution in [3.05, 3.63) is 84.4 Å². The van der Waals surface area contributed by atoms with E-state index in [1.165, 1.54) is 12.1 Å². The predicted molar refractivity (Wildman–Crippen MR) is 128 cm³/mol. The van der Waals surface area contributed by atoms with Crippen LogP contribution in [-0.4, -0.2) is 34.6 Å². The van der Waals surface area contributed by atoms with Gasteiger partial charge >= 0.3 is 6.36 Å². The Morgan fingerprint density at radius 3 is 2.28 bits per heavy atom. The minimum absolute atomic E-state index is 0.0792. The first-order valence-corrected chi connectivity index (χ1v) is 11.5. The van der Waals surface area contributed by atoms with Gasteiger partial charge in [0.15, 0.2) is 0 Å². The zero-order chi connectivity index (χ0) is 25.1. The molecule has 6 nitrogen and oxygen atoms in total. The standard InChI is InChI=1S/C27H24F3N3O3/c1-34-22-7-2-18(3-8-22)16-35-17-21-6-11-24-32-25(26(33(21)24)20-12-14-31-15-13-20)19-4-9-23(10-5-19)36-27(28,29)30/h2-5,7-10,12-15,21H,6,11,16-17H2,1H3/t21-/m0/s1. The molecule has 9 heteroatoms. The topological polar surface area (TPSA) is 58.4 Å². The van der Waals surface area contributed by atoms with Crippen LogP contribution in [0.3, 0.4) is 0 Å². The Bertz CT molecular complexity index is 1300. The van der Waals surface area contributed by atoms with Gasteiger partial charge in [0.1, 0.15) is 17.3 Å². The van der Waals surface area contributed by atoms with Crippen LogP contribution in [0.15, 0.2) is 73.1 Å². The smallest absolute Gasteiger partial charge is 0.497 e. The number of aryl methyl sites for hydroxylation is 1. The predicted octanol–water partition coefficient (Wildman–Crippen LogP) is 6.22. The molecular formula is C27H24F3N3O3. The number of pyridine rings is 1. The van der Waals surface area contributed by atoms with Gasteiger partial charge in [-0.2, -0.15) is 0 Å². The van der Waals surface area contributed by atoms with E-state index >= 15 is 0 Å². The molecule has 2 aromatic carbocycles. The van der Waals surface area contributed by atoms with E-state index < -0.39 is 6.36 Å². The molecule has 0 bridgehead atoms. The van der Waals surface area contributed by atoms with Crippen LogP contribution >= 0.6 is 0 Å². The molecule has 0 saturated heterocycles. The summed E-state index contributed by atoms with van der Waals surface area (Å²) in [6, 6.07) is 17.4. The van der Waals surface area contributed by atoms with E-state index in [0.717, 1.165) is 41.2 Å². The molecule has 1 aliphatic heterocycles. The van der Waals surface area contributed by atoms with E-state index in [1.54, 1.807) is 31.6 Å². The molecule has 3 heterocycles. The Morgan fingerprint density at radius 1 is 0.917 bits per heavy atom. The second-order valence-corrected chi connectivity index (χ2v) is 8.46. The zero-order valence-corrected chi connectivity index (χ0v) is 19.5. The second-order valence-electron chi connectivity index (χ2n) is 8.46. The molecule has 0 amide bonds. The summed E-state index contributed by atoms with van der Waals surface area (Å²) in [5, 5.41) is 0. The highest BCUT2D eigenvalue weighted by atomic mass is 19.4. The van der Waals surface area contributed by atoms with Gasteiger partial charge in [-0.15, -0.1) is 13.2 Å². The van der Waals surface area contributed by atoms with Crippen molar-refractivity contribution in [2.24, 2.45) is 0 Å². The fourth-order valence-electron chi connectivity index (χ4n) is 4.47. The number of imidazole rings is 1. The van der Waals surface area contributed by atoms with Crippen molar-refractivity contribution in [2.75, 3.05) is 13.7 Å². The van der Waals surface area contributed by atoms with Crippen LogP contribution < -0.4 is 9.47 Å². The summed E-state index contributed by atoms with van der Waals surface area (Å²) in [4.78, 5) is 9.01. The first-order valence-electron chi connectivity index (χ1n) is 11.5. The third-order valence-electron chi connectivity index (χ3n) is 6.10. The molecular weight excluding hydrogens is 471 g/mol. The Labute approximate surface area is 206 Å². The van der Waals surface area contributed by atoms with Gasteiger partial charge in [-0.3, -0.25) is 4.98 Å². The second kappa shape index (κ2) is 10.0. The van der Waals surface area contributed by atoms with Crippen molar-refractivity contribution in [3.63, 3.8) is 0 Å². The van der Waals surface area contributed by atoms with Gasteiger partial charge in [0.05, 0.1) is 37.8 Å². The van der Waals surface area contributed by atoms with Crippen LogP contribution in [0, 0.1) is 0 Å². The van der Waals surface area contributed by atoms with Crippen LogP contribution in [0.2, 0.25) is 0 Å². The normalized spacial score (nSPS) is 15.1. The maximum absolute atomic E-state index is 12.6. The molecule has 1 atom stereocenters. The number of fused-ring (bicyclic) bond motifs is 1. The fraction of sp³-hybridized carbons (Fsp3) is 0.259. The summed E-state index contributed by atoms with van der Waals surface area (Å²) in [5.41, 5.74) is 4.28.